The Labute approximate surface area is 112 Å². The van der Waals surface area contributed by atoms with Gasteiger partial charge in [-0.15, -0.1) is 0 Å². The highest BCUT2D eigenvalue weighted by Crippen LogP contribution is 2.32. The molecular weight excluding hydrogens is 224 g/mol. The monoisotopic (exact) mass is 254 g/mol. The van der Waals surface area contributed by atoms with Crippen molar-refractivity contribution >= 4 is 0 Å². The molecule has 1 saturated carbocycles. The van der Waals surface area contributed by atoms with Crippen molar-refractivity contribution in [2.75, 3.05) is 26.2 Å². The fourth-order valence-electron chi connectivity index (χ4n) is 3.62. The third-order valence-electron chi connectivity index (χ3n) is 5.03. The summed E-state index contributed by atoms with van der Waals surface area (Å²) in [5.74, 6) is 0.942. The van der Waals surface area contributed by atoms with Crippen LogP contribution in [-0.2, 0) is 4.74 Å². The first-order valence-corrected chi connectivity index (χ1v) is 7.77. The molecule has 1 aliphatic heterocycles. The van der Waals surface area contributed by atoms with E-state index >= 15 is 0 Å². The molecule has 18 heavy (non-hydrogen) atoms. The molecule has 1 saturated heterocycles. The zero-order valence-corrected chi connectivity index (χ0v) is 12.2. The third kappa shape index (κ3) is 3.25. The third-order valence-corrected chi connectivity index (χ3v) is 5.03. The van der Waals surface area contributed by atoms with Crippen LogP contribution in [0.5, 0.6) is 0 Å². The molecule has 1 heterocycles. The number of ether oxygens (including phenoxy) is 1. The van der Waals surface area contributed by atoms with E-state index in [-0.39, 0.29) is 5.60 Å². The van der Waals surface area contributed by atoms with E-state index in [1.54, 1.807) is 0 Å². The van der Waals surface area contributed by atoms with Crippen LogP contribution in [-0.4, -0.2) is 42.8 Å². The molecule has 0 radical (unpaired) electrons. The average molecular weight is 254 g/mol. The van der Waals surface area contributed by atoms with Crippen LogP contribution in [0.4, 0.5) is 0 Å². The SMILES string of the molecule is CCOC1(CN)CCN(C2CCC(C)CC2)CC1. The summed E-state index contributed by atoms with van der Waals surface area (Å²) in [5, 5.41) is 0. The maximum absolute atomic E-state index is 5.92. The average Bonchev–Trinajstić information content (AvgIpc) is 2.41. The molecule has 2 aliphatic rings. The second kappa shape index (κ2) is 6.36. The summed E-state index contributed by atoms with van der Waals surface area (Å²) >= 11 is 0. The summed E-state index contributed by atoms with van der Waals surface area (Å²) in [5.41, 5.74) is 5.90. The molecule has 1 aliphatic carbocycles. The van der Waals surface area contributed by atoms with Gasteiger partial charge in [0.25, 0.3) is 0 Å². The molecule has 0 bridgehead atoms. The lowest BCUT2D eigenvalue weighted by Crippen LogP contribution is -2.53. The maximum atomic E-state index is 5.92. The molecule has 106 valence electrons. The maximum Gasteiger partial charge on any atom is 0.0828 e. The van der Waals surface area contributed by atoms with Gasteiger partial charge in [0.05, 0.1) is 5.60 Å². The van der Waals surface area contributed by atoms with E-state index in [0.29, 0.717) is 6.54 Å². The lowest BCUT2D eigenvalue weighted by Gasteiger charge is -2.45. The predicted molar refractivity (Wildman–Crippen MR) is 75.6 cm³/mol. The number of rotatable bonds is 4. The Kier molecular flexibility index (Phi) is 5.05. The molecule has 0 aromatic rings. The number of piperidine rings is 1. The number of hydrogen-bond donors (Lipinski definition) is 1. The summed E-state index contributed by atoms with van der Waals surface area (Å²) in [6.07, 6.45) is 7.84. The standard InChI is InChI=1S/C15H30N2O/c1-3-18-15(12-16)8-10-17(11-9-15)14-6-4-13(2)5-7-14/h13-14H,3-12,16H2,1-2H3. The van der Waals surface area contributed by atoms with Gasteiger partial charge in [-0.2, -0.15) is 0 Å². The van der Waals surface area contributed by atoms with E-state index in [9.17, 15) is 0 Å². The van der Waals surface area contributed by atoms with Gasteiger partial charge >= 0.3 is 0 Å². The van der Waals surface area contributed by atoms with Crippen LogP contribution in [0.25, 0.3) is 0 Å². The summed E-state index contributed by atoms with van der Waals surface area (Å²) < 4.78 is 5.92. The minimum absolute atomic E-state index is 0.0206. The zero-order chi connectivity index (χ0) is 13.0. The van der Waals surface area contributed by atoms with Gasteiger partial charge in [-0.25, -0.2) is 0 Å². The van der Waals surface area contributed by atoms with E-state index in [0.717, 1.165) is 31.4 Å². The van der Waals surface area contributed by atoms with E-state index in [2.05, 4.69) is 18.7 Å². The lowest BCUT2D eigenvalue weighted by molar-refractivity contribution is -0.0804. The van der Waals surface area contributed by atoms with Gasteiger partial charge in [0.2, 0.25) is 0 Å². The van der Waals surface area contributed by atoms with Gasteiger partial charge in [0.15, 0.2) is 0 Å². The van der Waals surface area contributed by atoms with Gasteiger partial charge in [-0.05, 0) is 51.4 Å². The van der Waals surface area contributed by atoms with Gasteiger partial charge in [0, 0.05) is 32.3 Å². The molecule has 0 amide bonds. The van der Waals surface area contributed by atoms with Crippen LogP contribution in [0.2, 0.25) is 0 Å². The Balaban J connectivity index is 1.82. The van der Waals surface area contributed by atoms with E-state index in [1.165, 1.54) is 38.8 Å². The number of likely N-dealkylation sites (tertiary alicyclic amines) is 1. The molecule has 2 N–H and O–H groups in total. The van der Waals surface area contributed by atoms with Crippen LogP contribution in [0, 0.1) is 5.92 Å². The highest BCUT2D eigenvalue weighted by atomic mass is 16.5. The van der Waals surface area contributed by atoms with E-state index in [1.807, 2.05) is 0 Å². The van der Waals surface area contributed by atoms with Crippen molar-refractivity contribution in [3.8, 4) is 0 Å². The quantitative estimate of drug-likeness (QED) is 0.837. The summed E-state index contributed by atoms with van der Waals surface area (Å²) in [4.78, 5) is 2.69. The van der Waals surface area contributed by atoms with Crippen molar-refractivity contribution in [1.82, 2.24) is 4.90 Å². The Morgan fingerprint density at radius 3 is 2.28 bits per heavy atom. The largest absolute Gasteiger partial charge is 0.374 e. The van der Waals surface area contributed by atoms with Crippen molar-refractivity contribution in [3.05, 3.63) is 0 Å². The van der Waals surface area contributed by atoms with Crippen LogP contribution < -0.4 is 5.73 Å². The first-order chi connectivity index (χ1) is 8.69. The van der Waals surface area contributed by atoms with Gasteiger partial charge in [-0.1, -0.05) is 6.92 Å². The zero-order valence-electron chi connectivity index (χ0n) is 12.2. The van der Waals surface area contributed by atoms with Crippen molar-refractivity contribution < 1.29 is 4.74 Å². The minimum atomic E-state index is -0.0206. The van der Waals surface area contributed by atoms with Crippen LogP contribution in [0.15, 0.2) is 0 Å². The highest BCUT2D eigenvalue weighted by Gasteiger charge is 2.36. The topological polar surface area (TPSA) is 38.5 Å². The van der Waals surface area contributed by atoms with Gasteiger partial charge in [-0.3, -0.25) is 0 Å². The fraction of sp³-hybridized carbons (Fsp3) is 1.00. The molecule has 0 spiro atoms. The minimum Gasteiger partial charge on any atom is -0.374 e. The van der Waals surface area contributed by atoms with E-state index < -0.39 is 0 Å². The van der Waals surface area contributed by atoms with Gasteiger partial charge < -0.3 is 15.4 Å². The Bertz CT molecular complexity index is 241. The van der Waals surface area contributed by atoms with Crippen molar-refractivity contribution in [3.63, 3.8) is 0 Å². The Morgan fingerprint density at radius 1 is 1.17 bits per heavy atom. The van der Waals surface area contributed by atoms with E-state index in [4.69, 9.17) is 10.5 Å². The Morgan fingerprint density at radius 2 is 1.78 bits per heavy atom. The molecule has 2 rings (SSSR count). The second-order valence-electron chi connectivity index (χ2n) is 6.27. The smallest absolute Gasteiger partial charge is 0.0828 e. The predicted octanol–water partition coefficient (Wildman–Crippen LogP) is 2.39. The summed E-state index contributed by atoms with van der Waals surface area (Å²) in [7, 11) is 0. The van der Waals surface area contributed by atoms with Crippen molar-refractivity contribution in [2.45, 2.75) is 64.0 Å². The molecule has 3 nitrogen and oxygen atoms in total. The van der Waals surface area contributed by atoms with Crippen LogP contribution >= 0.6 is 0 Å². The number of hydrogen-bond acceptors (Lipinski definition) is 3. The molecule has 0 aromatic heterocycles. The normalized spacial score (nSPS) is 33.5. The lowest BCUT2D eigenvalue weighted by atomic mass is 9.84. The first-order valence-electron chi connectivity index (χ1n) is 7.77. The first kappa shape index (κ1) is 14.3. The van der Waals surface area contributed by atoms with Crippen LogP contribution in [0.3, 0.4) is 0 Å². The molecule has 3 heteroatoms. The molecule has 0 aromatic carbocycles. The van der Waals surface area contributed by atoms with Gasteiger partial charge in [0.1, 0.15) is 0 Å². The van der Waals surface area contributed by atoms with Crippen LogP contribution in [0.1, 0.15) is 52.4 Å². The second-order valence-corrected chi connectivity index (χ2v) is 6.27. The van der Waals surface area contributed by atoms with Crippen molar-refractivity contribution in [2.24, 2.45) is 11.7 Å². The Hall–Kier alpha value is -0.120. The van der Waals surface area contributed by atoms with Crippen molar-refractivity contribution in [1.29, 1.82) is 0 Å². The molecule has 2 fully saturated rings. The number of nitrogens with zero attached hydrogens (tertiary/aromatic N) is 1. The number of nitrogens with two attached hydrogens (primary N) is 1. The highest BCUT2D eigenvalue weighted by molar-refractivity contribution is 4.91. The summed E-state index contributed by atoms with van der Waals surface area (Å²) in [6, 6.07) is 0.832. The summed E-state index contributed by atoms with van der Waals surface area (Å²) in [6.45, 7) is 8.29. The molecule has 0 unspecified atom stereocenters. The molecule has 0 atom stereocenters. The molecular formula is C15H30N2O. The fourth-order valence-corrected chi connectivity index (χ4v) is 3.62.